The molecule has 1 aliphatic carbocycles. The second-order valence-electron chi connectivity index (χ2n) is 4.94. The van der Waals surface area contributed by atoms with Crippen LogP contribution in [0.2, 0.25) is 0 Å². The first-order chi connectivity index (χ1) is 8.05. The van der Waals surface area contributed by atoms with Gasteiger partial charge in [0.25, 0.3) is 0 Å². The van der Waals surface area contributed by atoms with Gasteiger partial charge in [-0.3, -0.25) is 0 Å². The molecule has 0 aromatic heterocycles. The van der Waals surface area contributed by atoms with E-state index >= 15 is 0 Å². The van der Waals surface area contributed by atoms with Crippen LogP contribution in [0.25, 0.3) is 0 Å². The van der Waals surface area contributed by atoms with Crippen LogP contribution in [0.4, 0.5) is 8.78 Å². The molecule has 0 saturated heterocycles. The third-order valence-electron chi connectivity index (χ3n) is 3.35. The molecule has 1 aliphatic rings. The summed E-state index contributed by atoms with van der Waals surface area (Å²) in [5, 5.41) is 12.7. The SMILES string of the molecule is CC(CO)(NCC1CC1)c1ccc(F)c(F)c1. The van der Waals surface area contributed by atoms with Gasteiger partial charge in [0.15, 0.2) is 11.6 Å². The van der Waals surface area contributed by atoms with Crippen molar-refractivity contribution in [3.63, 3.8) is 0 Å². The van der Waals surface area contributed by atoms with Crippen molar-refractivity contribution in [2.75, 3.05) is 13.2 Å². The van der Waals surface area contributed by atoms with Crippen LogP contribution in [0.1, 0.15) is 25.3 Å². The highest BCUT2D eigenvalue weighted by molar-refractivity contribution is 5.25. The molecule has 0 aliphatic heterocycles. The maximum atomic E-state index is 13.2. The van der Waals surface area contributed by atoms with E-state index in [2.05, 4.69) is 5.32 Å². The summed E-state index contributed by atoms with van der Waals surface area (Å²) in [7, 11) is 0. The molecule has 1 aromatic carbocycles. The van der Waals surface area contributed by atoms with Gasteiger partial charge in [-0.2, -0.15) is 0 Å². The van der Waals surface area contributed by atoms with Crippen molar-refractivity contribution in [1.29, 1.82) is 0 Å². The maximum absolute atomic E-state index is 13.2. The molecule has 0 spiro atoms. The molecular weight excluding hydrogens is 224 g/mol. The highest BCUT2D eigenvalue weighted by atomic mass is 19.2. The maximum Gasteiger partial charge on any atom is 0.159 e. The first kappa shape index (κ1) is 12.5. The standard InChI is InChI=1S/C13H17F2NO/c1-13(8-17,16-7-9-2-3-9)10-4-5-11(14)12(15)6-10/h4-6,9,16-17H,2-3,7-8H2,1H3. The van der Waals surface area contributed by atoms with E-state index in [0.717, 1.165) is 18.7 Å². The molecule has 4 heteroatoms. The average Bonchev–Trinajstić information content (AvgIpc) is 3.13. The van der Waals surface area contributed by atoms with Gasteiger partial charge in [-0.1, -0.05) is 6.07 Å². The molecule has 1 unspecified atom stereocenters. The number of halogens is 2. The monoisotopic (exact) mass is 241 g/mol. The lowest BCUT2D eigenvalue weighted by atomic mass is 9.92. The number of aliphatic hydroxyl groups excluding tert-OH is 1. The Morgan fingerprint density at radius 3 is 2.59 bits per heavy atom. The summed E-state index contributed by atoms with van der Waals surface area (Å²) in [5.41, 5.74) is -0.142. The molecule has 1 saturated carbocycles. The first-order valence-electron chi connectivity index (χ1n) is 5.86. The van der Waals surface area contributed by atoms with E-state index in [1.54, 1.807) is 6.92 Å². The third-order valence-corrected chi connectivity index (χ3v) is 3.35. The first-order valence-corrected chi connectivity index (χ1v) is 5.86. The predicted octanol–water partition coefficient (Wildman–Crippen LogP) is 2.17. The predicted molar refractivity (Wildman–Crippen MR) is 61.5 cm³/mol. The molecule has 94 valence electrons. The molecule has 1 atom stereocenters. The Morgan fingerprint density at radius 1 is 1.35 bits per heavy atom. The Hall–Kier alpha value is -1.00. The van der Waals surface area contributed by atoms with Crippen molar-refractivity contribution >= 4 is 0 Å². The summed E-state index contributed by atoms with van der Waals surface area (Å²) in [6, 6.07) is 3.75. The van der Waals surface area contributed by atoms with Gasteiger partial charge < -0.3 is 10.4 Å². The van der Waals surface area contributed by atoms with E-state index in [0.29, 0.717) is 11.5 Å². The van der Waals surface area contributed by atoms with E-state index in [4.69, 9.17) is 0 Å². The lowest BCUT2D eigenvalue weighted by molar-refractivity contribution is 0.173. The van der Waals surface area contributed by atoms with E-state index in [9.17, 15) is 13.9 Å². The van der Waals surface area contributed by atoms with Gasteiger partial charge in [0.05, 0.1) is 12.1 Å². The minimum Gasteiger partial charge on any atom is -0.394 e. The Balaban J connectivity index is 2.16. The van der Waals surface area contributed by atoms with Gasteiger partial charge >= 0.3 is 0 Å². The summed E-state index contributed by atoms with van der Waals surface area (Å²) in [4.78, 5) is 0. The fraction of sp³-hybridized carbons (Fsp3) is 0.538. The van der Waals surface area contributed by atoms with Crippen LogP contribution in [0, 0.1) is 17.6 Å². The molecule has 1 aromatic rings. The van der Waals surface area contributed by atoms with Gasteiger partial charge in [-0.25, -0.2) is 8.78 Å². The van der Waals surface area contributed by atoms with Crippen molar-refractivity contribution in [3.8, 4) is 0 Å². The Bertz CT molecular complexity index is 406. The van der Waals surface area contributed by atoms with E-state index in [1.165, 1.54) is 18.9 Å². The number of rotatable bonds is 5. The van der Waals surface area contributed by atoms with Crippen LogP contribution in [0.15, 0.2) is 18.2 Å². The molecule has 0 radical (unpaired) electrons. The van der Waals surface area contributed by atoms with Crippen molar-refractivity contribution < 1.29 is 13.9 Å². The summed E-state index contributed by atoms with van der Waals surface area (Å²) in [6.07, 6.45) is 2.40. The number of hydrogen-bond acceptors (Lipinski definition) is 2. The summed E-state index contributed by atoms with van der Waals surface area (Å²) in [6.45, 7) is 2.45. The summed E-state index contributed by atoms with van der Waals surface area (Å²) >= 11 is 0. The zero-order valence-electron chi connectivity index (χ0n) is 9.84. The van der Waals surface area contributed by atoms with Crippen LogP contribution >= 0.6 is 0 Å². The number of hydrogen-bond donors (Lipinski definition) is 2. The molecular formula is C13H17F2NO. The van der Waals surface area contributed by atoms with Crippen molar-refractivity contribution in [1.82, 2.24) is 5.32 Å². The normalized spacial score (nSPS) is 19.1. The number of nitrogens with one attached hydrogen (secondary N) is 1. The molecule has 1 fully saturated rings. The Kier molecular flexibility index (Phi) is 3.45. The van der Waals surface area contributed by atoms with Gasteiger partial charge in [-0.15, -0.1) is 0 Å². The molecule has 0 heterocycles. The van der Waals surface area contributed by atoms with Crippen LogP contribution in [0.5, 0.6) is 0 Å². The van der Waals surface area contributed by atoms with Crippen LogP contribution in [-0.2, 0) is 5.54 Å². The van der Waals surface area contributed by atoms with Crippen molar-refractivity contribution in [2.45, 2.75) is 25.3 Å². The quantitative estimate of drug-likeness (QED) is 0.828. The topological polar surface area (TPSA) is 32.3 Å². The summed E-state index contributed by atoms with van der Waals surface area (Å²) < 4.78 is 26.0. The number of benzene rings is 1. The average molecular weight is 241 g/mol. The van der Waals surface area contributed by atoms with Crippen molar-refractivity contribution in [2.24, 2.45) is 5.92 Å². The lowest BCUT2D eigenvalue weighted by Gasteiger charge is -2.29. The van der Waals surface area contributed by atoms with Crippen LogP contribution in [-0.4, -0.2) is 18.3 Å². The van der Waals surface area contributed by atoms with Crippen molar-refractivity contribution in [3.05, 3.63) is 35.4 Å². The number of aliphatic hydroxyl groups is 1. The van der Waals surface area contributed by atoms with Gasteiger partial charge in [0.2, 0.25) is 0 Å². The molecule has 0 amide bonds. The molecule has 0 bridgehead atoms. The van der Waals surface area contributed by atoms with E-state index < -0.39 is 17.2 Å². The van der Waals surface area contributed by atoms with Gasteiger partial charge in [-0.05, 0) is 49.9 Å². The minimum absolute atomic E-state index is 0.148. The fourth-order valence-electron chi connectivity index (χ4n) is 1.78. The minimum atomic E-state index is -0.879. The zero-order chi connectivity index (χ0) is 12.5. The highest BCUT2D eigenvalue weighted by Gasteiger charge is 2.30. The van der Waals surface area contributed by atoms with E-state index in [1.807, 2.05) is 0 Å². The smallest absolute Gasteiger partial charge is 0.159 e. The molecule has 2 N–H and O–H groups in total. The Labute approximate surface area is 99.7 Å². The molecule has 17 heavy (non-hydrogen) atoms. The van der Waals surface area contributed by atoms with Gasteiger partial charge in [0, 0.05) is 0 Å². The fourth-order valence-corrected chi connectivity index (χ4v) is 1.78. The summed E-state index contributed by atoms with van der Waals surface area (Å²) in [5.74, 6) is -1.09. The lowest BCUT2D eigenvalue weighted by Crippen LogP contribution is -2.44. The second kappa shape index (κ2) is 4.70. The van der Waals surface area contributed by atoms with E-state index in [-0.39, 0.29) is 6.61 Å². The van der Waals surface area contributed by atoms with Crippen LogP contribution < -0.4 is 5.32 Å². The second-order valence-corrected chi connectivity index (χ2v) is 4.94. The van der Waals surface area contributed by atoms with Gasteiger partial charge in [0.1, 0.15) is 0 Å². The van der Waals surface area contributed by atoms with Crippen LogP contribution in [0.3, 0.4) is 0 Å². The molecule has 2 nitrogen and oxygen atoms in total. The zero-order valence-corrected chi connectivity index (χ0v) is 9.84. The third kappa shape index (κ3) is 2.82. The largest absolute Gasteiger partial charge is 0.394 e. The Morgan fingerprint density at radius 2 is 2.06 bits per heavy atom. The molecule has 2 rings (SSSR count). The highest BCUT2D eigenvalue weighted by Crippen LogP contribution is 2.30.